The summed E-state index contributed by atoms with van der Waals surface area (Å²) >= 11 is 0. The van der Waals surface area contributed by atoms with Crippen LogP contribution < -0.4 is 25.8 Å². The van der Waals surface area contributed by atoms with Gasteiger partial charge in [-0.2, -0.15) is 0 Å². The number of ether oxygens (including phenoxy) is 2. The number of carbonyl (C=O) groups is 2. The maximum absolute atomic E-state index is 12.2. The minimum absolute atomic E-state index is 0. The van der Waals surface area contributed by atoms with Gasteiger partial charge in [0.15, 0.2) is 18.1 Å². The summed E-state index contributed by atoms with van der Waals surface area (Å²) in [6.45, 7) is 2.86. The van der Waals surface area contributed by atoms with Crippen LogP contribution in [-0.2, 0) is 4.79 Å². The molecule has 0 aliphatic carbocycles. The van der Waals surface area contributed by atoms with Gasteiger partial charge in [0.05, 0.1) is 17.9 Å². The Morgan fingerprint density at radius 3 is 2.30 bits per heavy atom. The number of hydrogen-bond donors (Lipinski definition) is 3. The third-order valence-electron chi connectivity index (χ3n) is 3.38. The van der Waals surface area contributed by atoms with Gasteiger partial charge in [0, 0.05) is 13.1 Å². The molecule has 4 N–H and O–H groups in total. The highest BCUT2D eigenvalue weighted by molar-refractivity contribution is 6.04. The molecule has 2 aromatic rings. The SMILES string of the molecule is CCOc1ccccc1OCC(=O)Nc1ccccc1C(=O)NCCN.Cl. The first-order valence-electron chi connectivity index (χ1n) is 8.37. The van der Waals surface area contributed by atoms with Crippen LogP contribution in [0.2, 0.25) is 0 Å². The minimum atomic E-state index is -0.379. The van der Waals surface area contributed by atoms with E-state index in [9.17, 15) is 9.59 Å². The van der Waals surface area contributed by atoms with Gasteiger partial charge < -0.3 is 25.8 Å². The van der Waals surface area contributed by atoms with Crippen molar-refractivity contribution in [3.63, 3.8) is 0 Å². The summed E-state index contributed by atoms with van der Waals surface area (Å²) in [7, 11) is 0. The van der Waals surface area contributed by atoms with Crippen LogP contribution in [0.4, 0.5) is 5.69 Å². The summed E-state index contributed by atoms with van der Waals surface area (Å²) in [6.07, 6.45) is 0. The van der Waals surface area contributed by atoms with Crippen LogP contribution in [0.25, 0.3) is 0 Å². The number of para-hydroxylation sites is 3. The summed E-state index contributed by atoms with van der Waals surface area (Å²) < 4.78 is 11.0. The quantitative estimate of drug-likeness (QED) is 0.606. The van der Waals surface area contributed by atoms with Crippen molar-refractivity contribution in [3.8, 4) is 11.5 Å². The van der Waals surface area contributed by atoms with E-state index in [1.54, 1.807) is 42.5 Å². The van der Waals surface area contributed by atoms with E-state index in [2.05, 4.69) is 10.6 Å². The minimum Gasteiger partial charge on any atom is -0.490 e. The van der Waals surface area contributed by atoms with Crippen molar-refractivity contribution < 1.29 is 19.1 Å². The van der Waals surface area contributed by atoms with Crippen LogP contribution >= 0.6 is 12.4 Å². The fourth-order valence-electron chi connectivity index (χ4n) is 2.24. The molecule has 0 atom stereocenters. The van der Waals surface area contributed by atoms with Gasteiger partial charge in [-0.1, -0.05) is 24.3 Å². The molecule has 0 bridgehead atoms. The molecule has 2 aromatic carbocycles. The number of hydrogen-bond acceptors (Lipinski definition) is 5. The van der Waals surface area contributed by atoms with Crippen molar-refractivity contribution in [1.82, 2.24) is 5.32 Å². The summed E-state index contributed by atoms with van der Waals surface area (Å²) in [4.78, 5) is 24.4. The Kier molecular flexibility index (Phi) is 9.71. The van der Waals surface area contributed by atoms with Crippen LogP contribution in [0.3, 0.4) is 0 Å². The maximum atomic E-state index is 12.2. The molecule has 0 saturated heterocycles. The van der Waals surface area contributed by atoms with Gasteiger partial charge in [0.1, 0.15) is 0 Å². The zero-order valence-electron chi connectivity index (χ0n) is 15.1. The zero-order chi connectivity index (χ0) is 18.8. The van der Waals surface area contributed by atoms with E-state index >= 15 is 0 Å². The van der Waals surface area contributed by atoms with Gasteiger partial charge in [-0.15, -0.1) is 12.4 Å². The molecule has 0 unspecified atom stereocenters. The lowest BCUT2D eigenvalue weighted by molar-refractivity contribution is -0.118. The molecule has 27 heavy (non-hydrogen) atoms. The van der Waals surface area contributed by atoms with Crippen LogP contribution in [0.5, 0.6) is 11.5 Å². The lowest BCUT2D eigenvalue weighted by Crippen LogP contribution is -2.30. The van der Waals surface area contributed by atoms with Crippen molar-refractivity contribution in [2.45, 2.75) is 6.92 Å². The second-order valence-corrected chi connectivity index (χ2v) is 5.31. The molecule has 0 aliphatic heterocycles. The smallest absolute Gasteiger partial charge is 0.262 e. The van der Waals surface area contributed by atoms with E-state index in [0.717, 1.165) is 0 Å². The van der Waals surface area contributed by atoms with E-state index < -0.39 is 0 Å². The van der Waals surface area contributed by atoms with Gasteiger partial charge in [0.25, 0.3) is 11.8 Å². The zero-order valence-corrected chi connectivity index (χ0v) is 15.9. The number of carbonyl (C=O) groups excluding carboxylic acids is 2. The first-order chi connectivity index (χ1) is 12.7. The Morgan fingerprint density at radius 1 is 1.00 bits per heavy atom. The third-order valence-corrected chi connectivity index (χ3v) is 3.38. The molecule has 0 heterocycles. The molecule has 0 radical (unpaired) electrons. The molecule has 2 amide bonds. The number of halogens is 1. The monoisotopic (exact) mass is 393 g/mol. The van der Waals surface area contributed by atoms with Crippen molar-refractivity contribution >= 4 is 29.9 Å². The Balaban J connectivity index is 0.00000364. The highest BCUT2D eigenvalue weighted by Crippen LogP contribution is 2.26. The number of anilines is 1. The lowest BCUT2D eigenvalue weighted by Gasteiger charge is -2.13. The predicted octanol–water partition coefficient (Wildman–Crippen LogP) is 2.21. The second kappa shape index (κ2) is 11.8. The van der Waals surface area contributed by atoms with E-state index in [1.807, 2.05) is 13.0 Å². The number of rotatable bonds is 9. The molecule has 0 aliphatic rings. The molecular formula is C19H24ClN3O4. The summed E-state index contributed by atoms with van der Waals surface area (Å²) in [5.41, 5.74) is 6.17. The predicted molar refractivity (Wildman–Crippen MR) is 107 cm³/mol. The number of amides is 2. The summed E-state index contributed by atoms with van der Waals surface area (Å²) in [5.74, 6) is 0.382. The van der Waals surface area contributed by atoms with Crippen molar-refractivity contribution in [1.29, 1.82) is 0 Å². The highest BCUT2D eigenvalue weighted by Gasteiger charge is 2.13. The molecule has 0 saturated carbocycles. The Labute approximate surface area is 164 Å². The average molecular weight is 394 g/mol. The maximum Gasteiger partial charge on any atom is 0.262 e. The number of benzene rings is 2. The standard InChI is InChI=1S/C19H23N3O4.ClH/c1-2-25-16-9-5-6-10-17(16)26-13-18(23)22-15-8-4-3-7-14(15)19(24)21-12-11-20;/h3-10H,2,11-13,20H2,1H3,(H,21,24)(H,22,23);1H. The van der Waals surface area contributed by atoms with E-state index in [0.29, 0.717) is 42.4 Å². The van der Waals surface area contributed by atoms with E-state index in [1.165, 1.54) is 0 Å². The van der Waals surface area contributed by atoms with Crippen LogP contribution in [0, 0.1) is 0 Å². The Bertz CT molecular complexity index is 755. The van der Waals surface area contributed by atoms with Gasteiger partial charge in [0.2, 0.25) is 0 Å². The molecule has 0 fully saturated rings. The largest absolute Gasteiger partial charge is 0.490 e. The topological polar surface area (TPSA) is 103 Å². The molecule has 146 valence electrons. The average Bonchev–Trinajstić information content (AvgIpc) is 2.66. The normalized spacial score (nSPS) is 9.70. The van der Waals surface area contributed by atoms with Crippen LogP contribution in [0.1, 0.15) is 17.3 Å². The van der Waals surface area contributed by atoms with Crippen LogP contribution in [-0.4, -0.2) is 38.1 Å². The first-order valence-corrected chi connectivity index (χ1v) is 8.37. The molecule has 0 spiro atoms. The first kappa shape index (κ1) is 22.3. The van der Waals surface area contributed by atoms with Gasteiger partial charge in [-0.05, 0) is 31.2 Å². The Hall–Kier alpha value is -2.77. The summed E-state index contributed by atoms with van der Waals surface area (Å²) in [6, 6.07) is 13.9. The van der Waals surface area contributed by atoms with Crippen molar-refractivity contribution in [3.05, 3.63) is 54.1 Å². The highest BCUT2D eigenvalue weighted by atomic mass is 35.5. The number of nitrogens with one attached hydrogen (secondary N) is 2. The van der Waals surface area contributed by atoms with Crippen molar-refractivity contribution in [2.24, 2.45) is 5.73 Å². The van der Waals surface area contributed by atoms with E-state index in [4.69, 9.17) is 15.2 Å². The fraction of sp³-hybridized carbons (Fsp3) is 0.263. The fourth-order valence-corrected chi connectivity index (χ4v) is 2.24. The molecular weight excluding hydrogens is 370 g/mol. The Morgan fingerprint density at radius 2 is 1.63 bits per heavy atom. The van der Waals surface area contributed by atoms with Gasteiger partial charge in [-0.3, -0.25) is 9.59 Å². The lowest BCUT2D eigenvalue weighted by atomic mass is 10.1. The van der Waals surface area contributed by atoms with E-state index in [-0.39, 0.29) is 30.8 Å². The van der Waals surface area contributed by atoms with Gasteiger partial charge >= 0.3 is 0 Å². The second-order valence-electron chi connectivity index (χ2n) is 5.31. The molecule has 8 heteroatoms. The molecule has 2 rings (SSSR count). The summed E-state index contributed by atoms with van der Waals surface area (Å²) in [5, 5.41) is 5.37. The molecule has 0 aromatic heterocycles. The molecule has 7 nitrogen and oxygen atoms in total. The van der Waals surface area contributed by atoms with Crippen LogP contribution in [0.15, 0.2) is 48.5 Å². The number of nitrogens with two attached hydrogens (primary N) is 1. The third kappa shape index (κ3) is 6.80. The van der Waals surface area contributed by atoms with Crippen molar-refractivity contribution in [2.75, 3.05) is 31.6 Å². The van der Waals surface area contributed by atoms with Gasteiger partial charge in [-0.25, -0.2) is 0 Å².